The van der Waals surface area contributed by atoms with Gasteiger partial charge in [-0.15, -0.1) is 0 Å². The molecule has 5 rings (SSSR count). The molecule has 1 aromatic heterocycles. The number of aromatic nitrogens is 1. The minimum atomic E-state index is 0.160. The maximum atomic E-state index is 13.2. The molecule has 0 spiro atoms. The summed E-state index contributed by atoms with van der Waals surface area (Å²) >= 11 is 6.02. The molecule has 35 heavy (non-hydrogen) atoms. The van der Waals surface area contributed by atoms with Gasteiger partial charge >= 0.3 is 6.03 Å². The lowest BCUT2D eigenvalue weighted by atomic mass is 9.89. The van der Waals surface area contributed by atoms with E-state index in [2.05, 4.69) is 28.1 Å². The maximum Gasteiger partial charge on any atom is 0.320 e. The fraction of sp³-hybridized carbons (Fsp3) is 0.407. The quantitative estimate of drug-likeness (QED) is 0.483. The smallest absolute Gasteiger partial charge is 0.320 e. The highest BCUT2D eigenvalue weighted by Crippen LogP contribution is 2.34. The van der Waals surface area contributed by atoms with Crippen molar-refractivity contribution in [2.75, 3.05) is 51.3 Å². The second kappa shape index (κ2) is 10.2. The van der Waals surface area contributed by atoms with Gasteiger partial charge < -0.3 is 23.9 Å². The minimum Gasteiger partial charge on any atom is -0.496 e. The molecule has 2 aliphatic heterocycles. The molecule has 2 amide bonds. The second-order valence-corrected chi connectivity index (χ2v) is 9.63. The molecule has 2 fully saturated rings. The fourth-order valence-electron chi connectivity index (χ4n) is 5.06. The molecule has 0 unspecified atom stereocenters. The SMILES string of the molecule is COc1cc(N2CCN(C(=O)N3CCC(c4ccc(Cl)cc4)CC3)CC2)ccc1-c1cnc(C)o1. The number of carbonyl (C=O) groups excluding carboxylic acids is 1. The van der Waals surface area contributed by atoms with Crippen molar-refractivity contribution in [1.82, 2.24) is 14.8 Å². The molecule has 7 nitrogen and oxygen atoms in total. The Balaban J connectivity index is 1.16. The third-order valence-corrected chi connectivity index (χ3v) is 7.35. The van der Waals surface area contributed by atoms with Crippen LogP contribution in [0.4, 0.5) is 10.5 Å². The number of hydrogen-bond acceptors (Lipinski definition) is 5. The summed E-state index contributed by atoms with van der Waals surface area (Å²) in [4.78, 5) is 23.7. The predicted octanol–water partition coefficient (Wildman–Crippen LogP) is 5.43. The molecular weight excluding hydrogens is 464 g/mol. The van der Waals surface area contributed by atoms with Crippen LogP contribution in [0.1, 0.15) is 30.2 Å². The van der Waals surface area contributed by atoms with Crippen molar-refractivity contribution < 1.29 is 13.9 Å². The monoisotopic (exact) mass is 494 g/mol. The van der Waals surface area contributed by atoms with Gasteiger partial charge in [-0.2, -0.15) is 0 Å². The molecule has 3 heterocycles. The van der Waals surface area contributed by atoms with Crippen LogP contribution in [0.5, 0.6) is 5.75 Å². The Labute approximate surface area is 211 Å². The molecule has 2 saturated heterocycles. The van der Waals surface area contributed by atoms with Crippen molar-refractivity contribution in [1.29, 1.82) is 0 Å². The zero-order valence-electron chi connectivity index (χ0n) is 20.2. The third kappa shape index (κ3) is 5.10. The second-order valence-electron chi connectivity index (χ2n) is 9.20. The Morgan fingerprint density at radius 2 is 1.69 bits per heavy atom. The first-order valence-corrected chi connectivity index (χ1v) is 12.5. The molecule has 2 aromatic carbocycles. The topological polar surface area (TPSA) is 62.1 Å². The molecule has 184 valence electrons. The summed E-state index contributed by atoms with van der Waals surface area (Å²) in [6.07, 6.45) is 3.70. The van der Waals surface area contributed by atoms with E-state index in [0.717, 1.165) is 61.0 Å². The normalized spacial score (nSPS) is 17.1. The minimum absolute atomic E-state index is 0.160. The number of nitrogens with zero attached hydrogens (tertiary/aromatic N) is 4. The third-order valence-electron chi connectivity index (χ3n) is 7.09. The lowest BCUT2D eigenvalue weighted by Gasteiger charge is -2.40. The van der Waals surface area contributed by atoms with E-state index in [1.165, 1.54) is 5.56 Å². The summed E-state index contributed by atoms with van der Waals surface area (Å²) in [7, 11) is 1.67. The highest BCUT2D eigenvalue weighted by atomic mass is 35.5. The summed E-state index contributed by atoms with van der Waals surface area (Å²) in [5, 5.41) is 0.764. The van der Waals surface area contributed by atoms with E-state index < -0.39 is 0 Å². The first-order valence-electron chi connectivity index (χ1n) is 12.2. The van der Waals surface area contributed by atoms with Gasteiger partial charge in [-0.05, 0) is 48.6 Å². The maximum absolute atomic E-state index is 13.2. The van der Waals surface area contributed by atoms with Crippen LogP contribution < -0.4 is 9.64 Å². The molecule has 0 N–H and O–H groups in total. The number of anilines is 1. The van der Waals surface area contributed by atoms with Crippen molar-refractivity contribution in [3.05, 3.63) is 65.1 Å². The zero-order chi connectivity index (χ0) is 24.4. The van der Waals surface area contributed by atoms with Gasteiger partial charge in [0.1, 0.15) is 5.75 Å². The lowest BCUT2D eigenvalue weighted by Crippen LogP contribution is -2.54. The predicted molar refractivity (Wildman–Crippen MR) is 137 cm³/mol. The van der Waals surface area contributed by atoms with Crippen molar-refractivity contribution in [3.8, 4) is 17.1 Å². The fourth-order valence-corrected chi connectivity index (χ4v) is 5.19. The summed E-state index contributed by atoms with van der Waals surface area (Å²) in [6.45, 7) is 6.42. The van der Waals surface area contributed by atoms with Gasteiger partial charge in [0.2, 0.25) is 0 Å². The van der Waals surface area contributed by atoms with Gasteiger partial charge in [-0.25, -0.2) is 9.78 Å². The number of carbonyl (C=O) groups is 1. The number of halogens is 1. The first-order chi connectivity index (χ1) is 17.0. The van der Waals surface area contributed by atoms with Crippen molar-refractivity contribution >= 4 is 23.3 Å². The number of ether oxygens (including phenoxy) is 1. The largest absolute Gasteiger partial charge is 0.496 e. The van der Waals surface area contributed by atoms with Gasteiger partial charge in [0.05, 0.1) is 18.9 Å². The molecule has 2 aliphatic rings. The van der Waals surface area contributed by atoms with Crippen LogP contribution >= 0.6 is 11.6 Å². The molecule has 0 bridgehead atoms. The van der Waals surface area contributed by atoms with Gasteiger partial charge in [-0.1, -0.05) is 23.7 Å². The Morgan fingerprint density at radius 1 is 1.00 bits per heavy atom. The number of urea groups is 1. The average Bonchev–Trinajstić information content (AvgIpc) is 3.34. The Bertz CT molecular complexity index is 1160. The van der Waals surface area contributed by atoms with Crippen LogP contribution in [0.25, 0.3) is 11.3 Å². The number of benzene rings is 2. The molecule has 0 radical (unpaired) electrons. The Kier molecular flexibility index (Phi) is 6.86. The van der Waals surface area contributed by atoms with Crippen LogP contribution in [0, 0.1) is 6.92 Å². The summed E-state index contributed by atoms with van der Waals surface area (Å²) in [6, 6.07) is 14.4. The van der Waals surface area contributed by atoms with Crippen LogP contribution in [0.2, 0.25) is 5.02 Å². The van der Waals surface area contributed by atoms with Crippen LogP contribution in [-0.2, 0) is 0 Å². The molecule has 8 heteroatoms. The lowest BCUT2D eigenvalue weighted by molar-refractivity contribution is 0.137. The van der Waals surface area contributed by atoms with Crippen LogP contribution in [0.15, 0.2) is 53.1 Å². The number of aryl methyl sites for hydroxylation is 1. The first kappa shape index (κ1) is 23.5. The van der Waals surface area contributed by atoms with Gasteiger partial charge in [0.25, 0.3) is 0 Å². The van der Waals surface area contributed by atoms with E-state index in [9.17, 15) is 4.79 Å². The van der Waals surface area contributed by atoms with Crippen LogP contribution in [0.3, 0.4) is 0 Å². The van der Waals surface area contributed by atoms with Crippen molar-refractivity contribution in [2.24, 2.45) is 0 Å². The molecule has 3 aromatic rings. The number of oxazole rings is 1. The zero-order valence-corrected chi connectivity index (χ0v) is 21.0. The molecule has 0 atom stereocenters. The van der Waals surface area contributed by atoms with Crippen LogP contribution in [-0.4, -0.2) is 67.2 Å². The highest BCUT2D eigenvalue weighted by Gasteiger charge is 2.29. The van der Waals surface area contributed by atoms with Gasteiger partial charge in [-0.3, -0.25) is 0 Å². The summed E-state index contributed by atoms with van der Waals surface area (Å²) in [5.74, 6) is 2.56. The number of piperazine rings is 1. The van der Waals surface area contributed by atoms with Gasteiger partial charge in [0.15, 0.2) is 11.7 Å². The summed E-state index contributed by atoms with van der Waals surface area (Å²) in [5.41, 5.74) is 3.28. The van der Waals surface area contributed by atoms with E-state index in [0.29, 0.717) is 30.7 Å². The van der Waals surface area contributed by atoms with E-state index >= 15 is 0 Å². The summed E-state index contributed by atoms with van der Waals surface area (Å²) < 4.78 is 11.3. The number of likely N-dealkylation sites (tertiary alicyclic amines) is 1. The van der Waals surface area contributed by atoms with Crippen molar-refractivity contribution in [2.45, 2.75) is 25.7 Å². The highest BCUT2D eigenvalue weighted by molar-refractivity contribution is 6.30. The number of methoxy groups -OCH3 is 1. The number of rotatable bonds is 4. The van der Waals surface area contributed by atoms with E-state index in [-0.39, 0.29) is 6.03 Å². The average molecular weight is 495 g/mol. The Hall–Kier alpha value is -3.19. The van der Waals surface area contributed by atoms with E-state index in [4.69, 9.17) is 20.8 Å². The van der Waals surface area contributed by atoms with E-state index in [1.54, 1.807) is 13.3 Å². The molecule has 0 saturated carbocycles. The molecule has 0 aliphatic carbocycles. The molecular formula is C27H31ClN4O3. The Morgan fingerprint density at radius 3 is 2.31 bits per heavy atom. The van der Waals surface area contributed by atoms with E-state index in [1.807, 2.05) is 41.0 Å². The number of amides is 2. The van der Waals surface area contributed by atoms with Gasteiger partial charge in [0, 0.05) is 63.0 Å². The number of hydrogen-bond donors (Lipinski definition) is 0. The standard InChI is InChI=1S/C27H31ClN4O3/c1-19-29-18-26(35-19)24-8-7-23(17-25(24)34-2)30-13-15-32(16-14-30)27(33)31-11-9-21(10-12-31)20-3-5-22(28)6-4-20/h3-8,17-18,21H,9-16H2,1-2H3. The van der Waals surface area contributed by atoms with Crippen molar-refractivity contribution in [3.63, 3.8) is 0 Å². The number of piperidine rings is 1.